The summed E-state index contributed by atoms with van der Waals surface area (Å²) in [5, 5.41) is 3.30. The van der Waals surface area contributed by atoms with Gasteiger partial charge in [-0.15, -0.1) is 0 Å². The van der Waals surface area contributed by atoms with E-state index >= 15 is 0 Å². The molecule has 0 aliphatic rings. The maximum absolute atomic E-state index is 13.3. The Kier molecular flexibility index (Phi) is 4.14. The van der Waals surface area contributed by atoms with Crippen LogP contribution in [0, 0.1) is 0 Å². The lowest BCUT2D eigenvalue weighted by molar-refractivity contribution is -0.149. The molecule has 0 bridgehead atoms. The van der Waals surface area contributed by atoms with Gasteiger partial charge in [0.05, 0.1) is 15.9 Å². The van der Waals surface area contributed by atoms with E-state index in [9.17, 15) is 26.3 Å². The molecule has 3 rings (SSSR count). The van der Waals surface area contributed by atoms with E-state index in [0.29, 0.717) is 6.07 Å². The number of fused-ring (bicyclic) bond motifs is 1. The zero-order chi connectivity index (χ0) is 19.3. The number of rotatable bonds is 2. The van der Waals surface area contributed by atoms with Crippen molar-refractivity contribution in [2.75, 3.05) is 0 Å². The normalized spacial score (nSPS) is 12.6. The molecule has 0 N–H and O–H groups in total. The first-order valence-corrected chi connectivity index (χ1v) is 7.07. The van der Waals surface area contributed by atoms with Gasteiger partial charge in [-0.3, -0.25) is 0 Å². The van der Waals surface area contributed by atoms with E-state index in [1.165, 1.54) is 18.3 Å². The Bertz CT molecular complexity index is 990. The Labute approximate surface area is 146 Å². The van der Waals surface area contributed by atoms with Crippen LogP contribution in [0.3, 0.4) is 0 Å². The van der Waals surface area contributed by atoms with Gasteiger partial charge in [-0.05, 0) is 24.9 Å². The SMILES string of the molecule is C=Nc1c2c(C(F)(F)F)nc(C(F)(F)F)cc2nn1-c1ccc(Cl)cn1. The van der Waals surface area contributed by atoms with E-state index in [1.54, 1.807) is 0 Å². The second-order valence-corrected chi connectivity index (χ2v) is 5.41. The molecule has 0 aliphatic heterocycles. The van der Waals surface area contributed by atoms with E-state index < -0.39 is 40.5 Å². The summed E-state index contributed by atoms with van der Waals surface area (Å²) < 4.78 is 79.5. The van der Waals surface area contributed by atoms with Crippen LogP contribution < -0.4 is 0 Å². The highest BCUT2D eigenvalue weighted by molar-refractivity contribution is 6.30. The van der Waals surface area contributed by atoms with Crippen LogP contribution in [0.25, 0.3) is 16.7 Å². The number of halogens is 7. The number of aliphatic imine (C=N–C) groups is 1. The summed E-state index contributed by atoms with van der Waals surface area (Å²) in [4.78, 5) is 10.1. The van der Waals surface area contributed by atoms with Gasteiger partial charge >= 0.3 is 12.4 Å². The summed E-state index contributed by atoms with van der Waals surface area (Å²) in [5.41, 5.74) is -4.08. The number of hydrogen-bond donors (Lipinski definition) is 0. The molecule has 0 aromatic carbocycles. The van der Waals surface area contributed by atoms with Crippen LogP contribution in [-0.2, 0) is 12.4 Å². The monoisotopic (exact) mass is 393 g/mol. The number of nitrogens with zero attached hydrogens (tertiary/aromatic N) is 5. The molecule has 0 radical (unpaired) electrons. The van der Waals surface area contributed by atoms with Crippen LogP contribution in [0.4, 0.5) is 32.2 Å². The zero-order valence-corrected chi connectivity index (χ0v) is 13.2. The second-order valence-electron chi connectivity index (χ2n) is 4.97. The van der Waals surface area contributed by atoms with Crippen molar-refractivity contribution >= 4 is 35.0 Å². The lowest BCUT2D eigenvalue weighted by Crippen LogP contribution is -2.15. The molecule has 3 aromatic rings. The van der Waals surface area contributed by atoms with Crippen LogP contribution in [0.15, 0.2) is 29.4 Å². The predicted octanol–water partition coefficient (Wildman–Crippen LogP) is 4.84. The molecular weight excluding hydrogens is 388 g/mol. The van der Waals surface area contributed by atoms with Crippen molar-refractivity contribution < 1.29 is 26.3 Å². The van der Waals surface area contributed by atoms with Crippen molar-refractivity contribution in [1.29, 1.82) is 0 Å². The van der Waals surface area contributed by atoms with Gasteiger partial charge in [0.15, 0.2) is 17.3 Å². The van der Waals surface area contributed by atoms with Crippen LogP contribution in [0.5, 0.6) is 0 Å². The first kappa shape index (κ1) is 18.1. The molecule has 3 heterocycles. The molecule has 0 saturated carbocycles. The Morgan fingerprint density at radius 3 is 2.27 bits per heavy atom. The first-order chi connectivity index (χ1) is 12.0. The molecule has 0 atom stereocenters. The molecule has 0 amide bonds. The summed E-state index contributed by atoms with van der Waals surface area (Å²) in [6.45, 7) is 3.17. The van der Waals surface area contributed by atoms with Crippen LogP contribution in [0.1, 0.15) is 11.4 Å². The van der Waals surface area contributed by atoms with Crippen molar-refractivity contribution in [3.8, 4) is 5.82 Å². The molecule has 0 unspecified atom stereocenters. The zero-order valence-electron chi connectivity index (χ0n) is 12.4. The lowest BCUT2D eigenvalue weighted by Gasteiger charge is -2.11. The molecule has 26 heavy (non-hydrogen) atoms. The van der Waals surface area contributed by atoms with Crippen molar-refractivity contribution in [3.05, 3.63) is 40.8 Å². The minimum absolute atomic E-state index is 0.00492. The summed E-state index contributed by atoms with van der Waals surface area (Å²) in [5.74, 6) is -0.446. The average Bonchev–Trinajstić information content (AvgIpc) is 2.91. The average molecular weight is 394 g/mol. The fraction of sp³-hybridized carbons (Fsp3) is 0.143. The van der Waals surface area contributed by atoms with Gasteiger partial charge in [0, 0.05) is 6.20 Å². The van der Waals surface area contributed by atoms with E-state index in [0.717, 1.165) is 4.68 Å². The minimum Gasteiger partial charge on any atom is -0.244 e. The summed E-state index contributed by atoms with van der Waals surface area (Å²) in [6.07, 6.45) is -9.06. The summed E-state index contributed by atoms with van der Waals surface area (Å²) in [6, 6.07) is 3.10. The van der Waals surface area contributed by atoms with Gasteiger partial charge in [0.2, 0.25) is 0 Å². The molecular formula is C14H6ClF6N5. The molecule has 0 aliphatic carbocycles. The molecule has 5 nitrogen and oxygen atoms in total. The molecule has 136 valence electrons. The molecule has 0 spiro atoms. The van der Waals surface area contributed by atoms with Gasteiger partial charge in [0.1, 0.15) is 5.69 Å². The molecule has 3 aromatic heterocycles. The van der Waals surface area contributed by atoms with E-state index in [-0.39, 0.29) is 10.8 Å². The van der Waals surface area contributed by atoms with Crippen LogP contribution >= 0.6 is 11.6 Å². The Balaban J connectivity index is 2.40. The molecule has 0 fully saturated rings. The topological polar surface area (TPSA) is 56.0 Å². The highest BCUT2D eigenvalue weighted by Gasteiger charge is 2.42. The Morgan fingerprint density at radius 1 is 1.08 bits per heavy atom. The van der Waals surface area contributed by atoms with Crippen LogP contribution in [0.2, 0.25) is 5.02 Å². The summed E-state index contributed by atoms with van der Waals surface area (Å²) in [7, 11) is 0. The Morgan fingerprint density at radius 2 is 1.77 bits per heavy atom. The fourth-order valence-corrected chi connectivity index (χ4v) is 2.35. The van der Waals surface area contributed by atoms with Gasteiger partial charge < -0.3 is 0 Å². The van der Waals surface area contributed by atoms with E-state index in [4.69, 9.17) is 11.6 Å². The van der Waals surface area contributed by atoms with Crippen molar-refractivity contribution in [2.45, 2.75) is 12.4 Å². The third-order valence-electron chi connectivity index (χ3n) is 3.27. The van der Waals surface area contributed by atoms with Crippen molar-refractivity contribution in [3.63, 3.8) is 0 Å². The van der Waals surface area contributed by atoms with Crippen molar-refractivity contribution in [1.82, 2.24) is 19.7 Å². The fourth-order valence-electron chi connectivity index (χ4n) is 2.24. The second kappa shape index (κ2) is 5.94. The number of hydrogen-bond acceptors (Lipinski definition) is 4. The maximum atomic E-state index is 13.3. The number of aromatic nitrogens is 4. The third kappa shape index (κ3) is 3.09. The Hall–Kier alpha value is -2.69. The largest absolute Gasteiger partial charge is 0.434 e. The quantitative estimate of drug-likeness (QED) is 0.462. The first-order valence-electron chi connectivity index (χ1n) is 6.69. The van der Waals surface area contributed by atoms with Gasteiger partial charge in [0.25, 0.3) is 0 Å². The van der Waals surface area contributed by atoms with Gasteiger partial charge in [-0.1, -0.05) is 11.6 Å². The van der Waals surface area contributed by atoms with E-state index in [1.807, 2.05) is 0 Å². The standard InChI is InChI=1S/C14H6ClF6N5/c1-22-12-10-7(25-26(12)9-3-2-6(15)5-23-9)4-8(13(16,17)18)24-11(10)14(19,20)21/h2-5H,1H2. The van der Waals surface area contributed by atoms with Gasteiger partial charge in [-0.25, -0.2) is 15.0 Å². The third-order valence-corrected chi connectivity index (χ3v) is 3.49. The lowest BCUT2D eigenvalue weighted by atomic mass is 10.2. The minimum atomic E-state index is -5.17. The van der Waals surface area contributed by atoms with Crippen molar-refractivity contribution in [2.24, 2.45) is 4.99 Å². The van der Waals surface area contributed by atoms with Gasteiger partial charge in [-0.2, -0.15) is 36.1 Å². The number of alkyl halides is 6. The predicted molar refractivity (Wildman–Crippen MR) is 80.9 cm³/mol. The molecule has 12 heteroatoms. The maximum Gasteiger partial charge on any atom is 0.434 e. The molecule has 0 saturated heterocycles. The van der Waals surface area contributed by atoms with Crippen LogP contribution in [-0.4, -0.2) is 26.5 Å². The number of pyridine rings is 2. The highest BCUT2D eigenvalue weighted by atomic mass is 35.5. The smallest absolute Gasteiger partial charge is 0.244 e. The highest BCUT2D eigenvalue weighted by Crippen LogP contribution is 2.41. The summed E-state index contributed by atoms with van der Waals surface area (Å²) >= 11 is 5.70. The van der Waals surface area contributed by atoms with E-state index in [2.05, 4.69) is 26.8 Å².